The van der Waals surface area contributed by atoms with Crippen LogP contribution in [0.1, 0.15) is 28.4 Å². The summed E-state index contributed by atoms with van der Waals surface area (Å²) in [4.78, 5) is 19.6. The largest absolute Gasteiger partial charge is 0.496 e. The number of carbonyl (C=O) groups excluding carboxylic acids is 1. The normalized spacial score (nSPS) is 11.2. The van der Waals surface area contributed by atoms with E-state index in [1.54, 1.807) is 36.4 Å². The molecule has 7 nitrogen and oxygen atoms in total. The molecule has 0 fully saturated rings. The molecule has 0 bridgehead atoms. The van der Waals surface area contributed by atoms with Crippen molar-refractivity contribution in [1.82, 2.24) is 9.97 Å². The Labute approximate surface area is 174 Å². The third kappa shape index (κ3) is 4.98. The Kier molecular flexibility index (Phi) is 6.12. The van der Waals surface area contributed by atoms with Gasteiger partial charge in [-0.1, -0.05) is 24.3 Å². The number of hydrogen-bond donors (Lipinski definition) is 1. The highest BCUT2D eigenvalue weighted by molar-refractivity contribution is 7.91. The maximum absolute atomic E-state index is 15.4. The Morgan fingerprint density at radius 2 is 1.87 bits per heavy atom. The second kappa shape index (κ2) is 8.58. The summed E-state index contributed by atoms with van der Waals surface area (Å²) in [5.41, 5.74) is 2.24. The van der Waals surface area contributed by atoms with Crippen LogP contribution in [0, 0.1) is 5.82 Å². The first-order valence-electron chi connectivity index (χ1n) is 8.93. The van der Waals surface area contributed by atoms with Crippen molar-refractivity contribution in [3.05, 3.63) is 71.3 Å². The summed E-state index contributed by atoms with van der Waals surface area (Å²) < 4.78 is 45.4. The summed E-state index contributed by atoms with van der Waals surface area (Å²) in [6.45, 7) is 1.45. The molecule has 0 saturated carbocycles. The summed E-state index contributed by atoms with van der Waals surface area (Å²) in [7, 11) is -2.03. The minimum atomic E-state index is -3.48. The first kappa shape index (κ1) is 21.4. The monoisotopic (exact) mass is 429 g/mol. The Bertz CT molecular complexity index is 1200. The van der Waals surface area contributed by atoms with Gasteiger partial charge in [-0.2, -0.15) is 0 Å². The second-order valence-electron chi connectivity index (χ2n) is 6.72. The van der Waals surface area contributed by atoms with Crippen LogP contribution in [0.25, 0.3) is 11.1 Å². The highest BCUT2D eigenvalue weighted by Crippen LogP contribution is 2.35. The lowest BCUT2D eigenvalue weighted by atomic mass is 9.96. The zero-order valence-electron chi connectivity index (χ0n) is 16.6. The average molecular weight is 429 g/mol. The average Bonchev–Trinajstić information content (AvgIpc) is 2.69. The molecular formula is C21H20FN3O4S. The van der Waals surface area contributed by atoms with E-state index in [0.29, 0.717) is 28.0 Å². The summed E-state index contributed by atoms with van der Waals surface area (Å²) in [5.74, 6) is -0.306. The lowest BCUT2D eigenvalue weighted by molar-refractivity contribution is 0.101. The van der Waals surface area contributed by atoms with E-state index in [1.807, 2.05) is 0 Å². The maximum Gasteiger partial charge on any atom is 0.236 e. The van der Waals surface area contributed by atoms with E-state index in [0.717, 1.165) is 6.26 Å². The fourth-order valence-electron chi connectivity index (χ4n) is 2.96. The molecule has 1 N–H and O–H groups in total. The van der Waals surface area contributed by atoms with Gasteiger partial charge < -0.3 is 4.74 Å². The van der Waals surface area contributed by atoms with Gasteiger partial charge in [0.25, 0.3) is 0 Å². The summed E-state index contributed by atoms with van der Waals surface area (Å²) in [5, 5.41) is 0. The first-order chi connectivity index (χ1) is 14.2. The molecule has 0 amide bonds. The van der Waals surface area contributed by atoms with Gasteiger partial charge in [0, 0.05) is 24.4 Å². The summed E-state index contributed by atoms with van der Waals surface area (Å²) in [6, 6.07) is 9.97. The second-order valence-corrected chi connectivity index (χ2v) is 8.47. The third-order valence-electron chi connectivity index (χ3n) is 4.34. The Morgan fingerprint density at radius 3 is 2.47 bits per heavy atom. The smallest absolute Gasteiger partial charge is 0.236 e. The molecule has 0 spiro atoms. The van der Waals surface area contributed by atoms with Gasteiger partial charge in [-0.15, -0.1) is 0 Å². The van der Waals surface area contributed by atoms with Crippen molar-refractivity contribution in [2.45, 2.75) is 13.3 Å². The van der Waals surface area contributed by atoms with Crippen LogP contribution >= 0.6 is 0 Å². The van der Waals surface area contributed by atoms with Crippen molar-refractivity contribution in [3.8, 4) is 16.9 Å². The number of rotatable bonds is 7. The topological polar surface area (TPSA) is 98.2 Å². The number of nitrogens with zero attached hydrogens (tertiary/aromatic N) is 2. The number of ketones is 1. The summed E-state index contributed by atoms with van der Waals surface area (Å²) in [6.07, 6.45) is 4.05. The van der Waals surface area contributed by atoms with Crippen LogP contribution in [-0.4, -0.2) is 37.5 Å². The van der Waals surface area contributed by atoms with Gasteiger partial charge in [0.15, 0.2) is 5.78 Å². The van der Waals surface area contributed by atoms with E-state index in [-0.39, 0.29) is 23.7 Å². The molecule has 1 aromatic heterocycles. The van der Waals surface area contributed by atoms with Crippen molar-refractivity contribution in [3.63, 3.8) is 0 Å². The van der Waals surface area contributed by atoms with Crippen molar-refractivity contribution in [2.75, 3.05) is 18.1 Å². The van der Waals surface area contributed by atoms with Gasteiger partial charge in [0.05, 0.1) is 18.9 Å². The molecule has 0 atom stereocenters. The molecule has 3 aromatic rings. The Morgan fingerprint density at radius 1 is 1.17 bits per heavy atom. The fraction of sp³-hybridized carbons (Fsp3) is 0.190. The number of anilines is 1. The number of methoxy groups -OCH3 is 1. The van der Waals surface area contributed by atoms with Gasteiger partial charge >= 0.3 is 0 Å². The molecule has 0 aliphatic carbocycles. The molecule has 0 radical (unpaired) electrons. The zero-order valence-corrected chi connectivity index (χ0v) is 17.5. The Hall–Kier alpha value is -3.33. The van der Waals surface area contributed by atoms with Gasteiger partial charge in [0.2, 0.25) is 16.0 Å². The van der Waals surface area contributed by atoms with E-state index < -0.39 is 15.8 Å². The maximum atomic E-state index is 15.4. The minimum absolute atomic E-state index is 0.0572. The number of halogens is 1. The van der Waals surface area contributed by atoms with E-state index >= 15 is 4.39 Å². The summed E-state index contributed by atoms with van der Waals surface area (Å²) >= 11 is 0. The predicted molar refractivity (Wildman–Crippen MR) is 112 cm³/mol. The molecule has 0 aliphatic rings. The van der Waals surface area contributed by atoms with Crippen LogP contribution in [0.3, 0.4) is 0 Å². The van der Waals surface area contributed by atoms with Gasteiger partial charge in [-0.3, -0.25) is 9.52 Å². The molecule has 30 heavy (non-hydrogen) atoms. The van der Waals surface area contributed by atoms with Crippen molar-refractivity contribution >= 4 is 21.8 Å². The fourth-order valence-corrected chi connectivity index (χ4v) is 3.39. The number of ether oxygens (including phenoxy) is 1. The molecule has 0 unspecified atom stereocenters. The van der Waals surface area contributed by atoms with E-state index in [4.69, 9.17) is 4.74 Å². The quantitative estimate of drug-likeness (QED) is 0.578. The van der Waals surface area contributed by atoms with Crippen LogP contribution in [0.15, 0.2) is 48.8 Å². The van der Waals surface area contributed by atoms with E-state index in [1.165, 1.54) is 26.4 Å². The zero-order chi connectivity index (χ0) is 21.9. The van der Waals surface area contributed by atoms with Crippen molar-refractivity contribution in [1.29, 1.82) is 0 Å². The predicted octanol–water partition coefficient (Wildman–Crippen LogP) is 3.46. The molecule has 0 saturated heterocycles. The lowest BCUT2D eigenvalue weighted by Gasteiger charge is -2.14. The number of carbonyl (C=O) groups is 1. The standard InChI is InChI=1S/C21H20FN3O4S/c1-13(26)15-5-4-6-16(10-15)19-18(29-2)8-7-17(20(19)22)9-14-11-23-21(24-12-14)25-30(3,27)28/h4-8,10-12H,9H2,1-3H3,(H,23,24,25). The number of benzene rings is 2. The molecular weight excluding hydrogens is 409 g/mol. The van der Waals surface area contributed by atoms with Crippen molar-refractivity contribution < 1.29 is 22.3 Å². The SMILES string of the molecule is COc1ccc(Cc2cnc(NS(C)(=O)=O)nc2)c(F)c1-c1cccc(C(C)=O)c1. The molecule has 0 aliphatic heterocycles. The molecule has 1 heterocycles. The van der Waals surface area contributed by atoms with E-state index in [9.17, 15) is 13.2 Å². The number of hydrogen-bond acceptors (Lipinski definition) is 6. The van der Waals surface area contributed by atoms with Gasteiger partial charge in [-0.25, -0.2) is 22.8 Å². The van der Waals surface area contributed by atoms with Crippen LogP contribution in [0.2, 0.25) is 0 Å². The van der Waals surface area contributed by atoms with Crippen LogP contribution in [-0.2, 0) is 16.4 Å². The number of Topliss-reactive ketones (excluding diaryl/α,β-unsaturated/α-hetero) is 1. The van der Waals surface area contributed by atoms with E-state index in [2.05, 4.69) is 14.7 Å². The highest BCUT2D eigenvalue weighted by Gasteiger charge is 2.17. The molecule has 156 valence electrons. The first-order valence-corrected chi connectivity index (χ1v) is 10.8. The number of aromatic nitrogens is 2. The third-order valence-corrected chi connectivity index (χ3v) is 4.89. The van der Waals surface area contributed by atoms with Crippen LogP contribution in [0.4, 0.5) is 10.3 Å². The van der Waals surface area contributed by atoms with Crippen LogP contribution in [0.5, 0.6) is 5.75 Å². The van der Waals surface area contributed by atoms with Gasteiger partial charge in [-0.05, 0) is 35.7 Å². The van der Waals surface area contributed by atoms with Gasteiger partial charge in [0.1, 0.15) is 11.6 Å². The lowest BCUT2D eigenvalue weighted by Crippen LogP contribution is -2.12. The number of sulfonamides is 1. The van der Waals surface area contributed by atoms with Crippen LogP contribution < -0.4 is 9.46 Å². The molecule has 9 heteroatoms. The number of nitrogens with one attached hydrogen (secondary N) is 1. The molecule has 2 aromatic carbocycles. The highest BCUT2D eigenvalue weighted by atomic mass is 32.2. The van der Waals surface area contributed by atoms with Crippen molar-refractivity contribution in [2.24, 2.45) is 0 Å². The molecule has 3 rings (SSSR count). The Balaban J connectivity index is 1.97. The minimum Gasteiger partial charge on any atom is -0.496 e.